The predicted molar refractivity (Wildman–Crippen MR) is 157 cm³/mol. The van der Waals surface area contributed by atoms with Crippen LogP contribution in [-0.2, 0) is 24.0 Å². The van der Waals surface area contributed by atoms with Crippen molar-refractivity contribution in [2.24, 2.45) is 29.2 Å². The van der Waals surface area contributed by atoms with Crippen LogP contribution in [0.25, 0.3) is 0 Å². The monoisotopic (exact) mass is 582 g/mol. The molecule has 1 aliphatic rings. The van der Waals surface area contributed by atoms with Gasteiger partial charge in [0.15, 0.2) is 0 Å². The van der Waals surface area contributed by atoms with Crippen molar-refractivity contribution in [3.05, 3.63) is 0 Å². The molecule has 4 amide bonds. The fourth-order valence-corrected chi connectivity index (χ4v) is 5.08. The lowest BCUT2D eigenvalue weighted by Crippen LogP contribution is -2.58. The van der Waals surface area contributed by atoms with Crippen LogP contribution in [0.4, 0.5) is 0 Å². The Balaban J connectivity index is 3.04. The minimum Gasteiger partial charge on any atom is -0.480 e. The Morgan fingerprint density at radius 3 is 1.90 bits per heavy atom. The van der Waals surface area contributed by atoms with Crippen LogP contribution in [0.15, 0.2) is 0 Å². The fourth-order valence-electron chi connectivity index (χ4n) is 5.08. The maximum Gasteiger partial charge on any atom is 0.326 e. The van der Waals surface area contributed by atoms with E-state index in [2.05, 4.69) is 16.0 Å². The SMILES string of the molecule is CC(C)C[C@H](NC(=O)[C@@H]1CCCN1C(=O)[C@H](CC(C)C)NC(=O)[C@@H](N)CC(C)C)C(=O)N[C@@H](CCCCN)C(=O)O. The van der Waals surface area contributed by atoms with Gasteiger partial charge in [-0.05, 0) is 75.7 Å². The summed E-state index contributed by atoms with van der Waals surface area (Å²) in [6, 6.07) is -4.42. The van der Waals surface area contributed by atoms with Gasteiger partial charge < -0.3 is 37.4 Å². The molecule has 0 unspecified atom stereocenters. The highest BCUT2D eigenvalue weighted by Gasteiger charge is 2.39. The van der Waals surface area contributed by atoms with Gasteiger partial charge >= 0.3 is 5.97 Å². The van der Waals surface area contributed by atoms with Crippen LogP contribution >= 0.6 is 0 Å². The third-order valence-electron chi connectivity index (χ3n) is 7.12. The normalized spacial score (nSPS) is 18.2. The van der Waals surface area contributed by atoms with Gasteiger partial charge in [-0.15, -0.1) is 0 Å². The summed E-state index contributed by atoms with van der Waals surface area (Å²) in [6.07, 6.45) is 3.61. The summed E-state index contributed by atoms with van der Waals surface area (Å²) >= 11 is 0. The number of likely N-dealkylation sites (tertiary alicyclic amines) is 1. The van der Waals surface area contributed by atoms with Gasteiger partial charge in [0.05, 0.1) is 6.04 Å². The van der Waals surface area contributed by atoms with Gasteiger partial charge in [0.1, 0.15) is 24.2 Å². The van der Waals surface area contributed by atoms with Crippen LogP contribution in [-0.4, -0.2) is 82.9 Å². The topological polar surface area (TPSA) is 197 Å². The molecule has 236 valence electrons. The third kappa shape index (κ3) is 12.8. The van der Waals surface area contributed by atoms with Crippen molar-refractivity contribution in [3.63, 3.8) is 0 Å². The fraction of sp³-hybridized carbons (Fsp3) is 0.828. The molecule has 0 aromatic heterocycles. The number of carboxylic acids is 1. The average molecular weight is 583 g/mol. The summed E-state index contributed by atoms with van der Waals surface area (Å²) in [5.74, 6) is -2.59. The second kappa shape index (κ2) is 17.9. The molecule has 41 heavy (non-hydrogen) atoms. The Hall–Kier alpha value is -2.73. The molecule has 0 bridgehead atoms. The second-order valence-electron chi connectivity index (χ2n) is 12.5. The van der Waals surface area contributed by atoms with Crippen LogP contribution in [0.1, 0.15) is 92.9 Å². The van der Waals surface area contributed by atoms with E-state index in [4.69, 9.17) is 11.5 Å². The van der Waals surface area contributed by atoms with Gasteiger partial charge in [-0.3, -0.25) is 19.2 Å². The molecule has 12 heteroatoms. The largest absolute Gasteiger partial charge is 0.480 e. The highest BCUT2D eigenvalue weighted by Crippen LogP contribution is 2.21. The van der Waals surface area contributed by atoms with Crippen molar-refractivity contribution in [2.45, 2.75) is 123 Å². The van der Waals surface area contributed by atoms with Gasteiger partial charge in [0.2, 0.25) is 23.6 Å². The molecule has 1 fully saturated rings. The number of aliphatic carboxylic acids is 1. The number of hydrogen-bond donors (Lipinski definition) is 6. The molecule has 0 aliphatic carbocycles. The standard InChI is InChI=1S/C29H54N6O6/c1-17(2)14-20(31)25(36)34-23(16-19(5)6)28(39)35-13-9-11-24(35)27(38)33-22(15-18(3)4)26(37)32-21(29(40)41)10-7-8-12-30/h17-24H,7-16,30-31H2,1-6H3,(H,32,37)(H,33,38)(H,34,36)(H,40,41)/t20-,21-,22-,23-,24-/m0/s1. The van der Waals surface area contributed by atoms with Crippen LogP contribution in [0.3, 0.4) is 0 Å². The molecule has 1 saturated heterocycles. The van der Waals surface area contributed by atoms with E-state index in [1.807, 2.05) is 41.5 Å². The molecule has 1 aliphatic heterocycles. The number of nitrogens with zero attached hydrogens (tertiary/aromatic N) is 1. The lowest BCUT2D eigenvalue weighted by Gasteiger charge is -2.31. The molecular formula is C29H54N6O6. The predicted octanol–water partition coefficient (Wildman–Crippen LogP) is 1.11. The minimum absolute atomic E-state index is 0.0357. The van der Waals surface area contributed by atoms with E-state index in [-0.39, 0.29) is 30.1 Å². The molecule has 0 radical (unpaired) electrons. The van der Waals surface area contributed by atoms with Crippen molar-refractivity contribution in [3.8, 4) is 0 Å². The van der Waals surface area contributed by atoms with Crippen LogP contribution < -0.4 is 27.4 Å². The zero-order valence-corrected chi connectivity index (χ0v) is 25.8. The van der Waals surface area contributed by atoms with E-state index in [0.29, 0.717) is 58.0 Å². The Morgan fingerprint density at radius 1 is 0.805 bits per heavy atom. The van der Waals surface area contributed by atoms with Crippen molar-refractivity contribution in [2.75, 3.05) is 13.1 Å². The summed E-state index contributed by atoms with van der Waals surface area (Å²) in [7, 11) is 0. The summed E-state index contributed by atoms with van der Waals surface area (Å²) < 4.78 is 0. The number of carbonyl (C=O) groups is 5. The summed E-state index contributed by atoms with van der Waals surface area (Å²) in [5.41, 5.74) is 11.6. The van der Waals surface area contributed by atoms with E-state index >= 15 is 0 Å². The maximum absolute atomic E-state index is 13.7. The van der Waals surface area contributed by atoms with Gasteiger partial charge in [-0.1, -0.05) is 41.5 Å². The summed E-state index contributed by atoms with van der Waals surface area (Å²) in [5, 5.41) is 17.7. The van der Waals surface area contributed by atoms with Crippen molar-refractivity contribution >= 4 is 29.6 Å². The molecule has 1 rings (SSSR count). The highest BCUT2D eigenvalue weighted by molar-refractivity contribution is 5.95. The molecule has 0 aromatic carbocycles. The van der Waals surface area contributed by atoms with Crippen LogP contribution in [0, 0.1) is 17.8 Å². The van der Waals surface area contributed by atoms with Gasteiger partial charge in [-0.2, -0.15) is 0 Å². The molecular weight excluding hydrogens is 528 g/mol. The first kappa shape index (κ1) is 36.3. The van der Waals surface area contributed by atoms with Crippen molar-refractivity contribution in [1.29, 1.82) is 0 Å². The Labute approximate surface area is 245 Å². The van der Waals surface area contributed by atoms with E-state index in [1.165, 1.54) is 4.90 Å². The zero-order chi connectivity index (χ0) is 31.3. The van der Waals surface area contributed by atoms with Crippen molar-refractivity contribution in [1.82, 2.24) is 20.9 Å². The highest BCUT2D eigenvalue weighted by atomic mass is 16.4. The summed E-state index contributed by atoms with van der Waals surface area (Å²) in [6.45, 7) is 12.4. The quantitative estimate of drug-likeness (QED) is 0.129. The Morgan fingerprint density at radius 2 is 1.37 bits per heavy atom. The Kier molecular flexibility index (Phi) is 15.9. The van der Waals surface area contributed by atoms with Crippen molar-refractivity contribution < 1.29 is 29.1 Å². The lowest BCUT2D eigenvalue weighted by molar-refractivity contribution is -0.144. The van der Waals surface area contributed by atoms with E-state index in [9.17, 15) is 29.1 Å². The number of rotatable bonds is 18. The molecule has 1 heterocycles. The van der Waals surface area contributed by atoms with Gasteiger partial charge in [0.25, 0.3) is 0 Å². The van der Waals surface area contributed by atoms with E-state index in [1.54, 1.807) is 0 Å². The van der Waals surface area contributed by atoms with E-state index < -0.39 is 53.9 Å². The first-order valence-corrected chi connectivity index (χ1v) is 15.1. The first-order chi connectivity index (χ1) is 19.2. The second-order valence-corrected chi connectivity index (χ2v) is 12.5. The molecule has 12 nitrogen and oxygen atoms in total. The van der Waals surface area contributed by atoms with E-state index in [0.717, 1.165) is 0 Å². The molecule has 0 saturated carbocycles. The number of amides is 4. The number of hydrogen-bond acceptors (Lipinski definition) is 7. The lowest BCUT2D eigenvalue weighted by atomic mass is 9.99. The summed E-state index contributed by atoms with van der Waals surface area (Å²) in [4.78, 5) is 66.2. The maximum atomic E-state index is 13.7. The zero-order valence-electron chi connectivity index (χ0n) is 25.8. The number of carbonyl (C=O) groups excluding carboxylic acids is 4. The molecule has 0 spiro atoms. The number of nitrogens with one attached hydrogen (secondary N) is 3. The van der Waals surface area contributed by atoms with Gasteiger partial charge in [-0.25, -0.2) is 4.79 Å². The average Bonchev–Trinajstić information content (AvgIpc) is 3.36. The molecule has 5 atom stereocenters. The number of nitrogens with two attached hydrogens (primary N) is 2. The molecule has 0 aromatic rings. The first-order valence-electron chi connectivity index (χ1n) is 15.1. The van der Waals surface area contributed by atoms with Crippen LogP contribution in [0.2, 0.25) is 0 Å². The third-order valence-corrected chi connectivity index (χ3v) is 7.12. The number of unbranched alkanes of at least 4 members (excludes halogenated alkanes) is 1. The van der Waals surface area contributed by atoms with Gasteiger partial charge in [0, 0.05) is 6.54 Å². The minimum atomic E-state index is -1.15. The molecule has 8 N–H and O–H groups in total. The smallest absolute Gasteiger partial charge is 0.326 e. The van der Waals surface area contributed by atoms with Crippen LogP contribution in [0.5, 0.6) is 0 Å². The number of carboxylic acid groups (broad SMARTS) is 1. The Bertz CT molecular complexity index is 880.